The van der Waals surface area contributed by atoms with Crippen LogP contribution < -0.4 is 10.6 Å². The fourth-order valence-corrected chi connectivity index (χ4v) is 3.20. The van der Waals surface area contributed by atoms with Crippen LogP contribution in [0.1, 0.15) is 39.2 Å². The summed E-state index contributed by atoms with van der Waals surface area (Å²) in [6.07, 6.45) is 1.41. The van der Waals surface area contributed by atoms with E-state index in [0.29, 0.717) is 17.7 Å². The van der Waals surface area contributed by atoms with Crippen molar-refractivity contribution in [2.45, 2.75) is 58.4 Å². The number of ether oxygens (including phenoxy) is 2. The molecular weight excluding hydrogens is 456 g/mol. The van der Waals surface area contributed by atoms with Gasteiger partial charge in [-0.2, -0.15) is 0 Å². The third kappa shape index (κ3) is 7.95. The lowest BCUT2D eigenvalue weighted by atomic mass is 10.1. The fraction of sp³-hybridized carbons (Fsp3) is 0.391. The number of aryl methyl sites for hydroxylation is 1. The van der Waals surface area contributed by atoms with Crippen molar-refractivity contribution >= 4 is 35.1 Å². The first-order valence-corrected chi connectivity index (χ1v) is 11.0. The molecule has 0 radical (unpaired) electrons. The van der Waals surface area contributed by atoms with E-state index in [1.165, 1.54) is 12.7 Å². The Hall–Kier alpha value is -4.22. The van der Waals surface area contributed by atoms with Gasteiger partial charge >= 0.3 is 18.2 Å². The van der Waals surface area contributed by atoms with E-state index in [-0.39, 0.29) is 25.3 Å². The topological polar surface area (TPSA) is 158 Å². The number of carboxylic acids is 1. The highest BCUT2D eigenvalue weighted by molar-refractivity contribution is 5.93. The second kappa shape index (κ2) is 11.3. The Bertz CT molecular complexity index is 1170. The molecule has 2 aromatic heterocycles. The maximum atomic E-state index is 12.2. The molecule has 35 heavy (non-hydrogen) atoms. The van der Waals surface area contributed by atoms with Crippen LogP contribution in [0.2, 0.25) is 0 Å². The van der Waals surface area contributed by atoms with Crippen molar-refractivity contribution in [3.63, 3.8) is 0 Å². The van der Waals surface area contributed by atoms with Crippen LogP contribution in [0.25, 0.3) is 11.2 Å². The lowest BCUT2D eigenvalue weighted by Crippen LogP contribution is -2.40. The van der Waals surface area contributed by atoms with E-state index in [9.17, 15) is 19.5 Å². The third-order valence-corrected chi connectivity index (χ3v) is 4.69. The Morgan fingerprint density at radius 2 is 1.83 bits per heavy atom. The number of carbonyl (C=O) groups excluding carboxylic acids is 2. The molecule has 12 nitrogen and oxygen atoms in total. The molecule has 12 heteroatoms. The smallest absolute Gasteiger partial charge is 0.413 e. The van der Waals surface area contributed by atoms with Gasteiger partial charge in [-0.1, -0.05) is 30.3 Å². The Balaban J connectivity index is 1.64. The molecule has 0 aliphatic carbocycles. The minimum atomic E-state index is -1.05. The number of imidazole rings is 1. The van der Waals surface area contributed by atoms with E-state index in [1.807, 2.05) is 30.3 Å². The largest absolute Gasteiger partial charge is 0.481 e. The zero-order chi connectivity index (χ0) is 25.4. The number of nitrogens with zero attached hydrogens (tertiary/aromatic N) is 4. The molecule has 3 rings (SSSR count). The number of amides is 2. The predicted molar refractivity (Wildman–Crippen MR) is 126 cm³/mol. The lowest BCUT2D eigenvalue weighted by molar-refractivity contribution is -0.137. The summed E-state index contributed by atoms with van der Waals surface area (Å²) in [5.41, 5.74) is 0.917. The van der Waals surface area contributed by atoms with Gasteiger partial charge in [-0.05, 0) is 32.8 Å². The molecule has 1 aromatic carbocycles. The van der Waals surface area contributed by atoms with Gasteiger partial charge in [0, 0.05) is 12.6 Å². The molecule has 3 aromatic rings. The van der Waals surface area contributed by atoms with Crippen molar-refractivity contribution in [1.29, 1.82) is 0 Å². The van der Waals surface area contributed by atoms with Crippen LogP contribution in [-0.4, -0.2) is 54.4 Å². The second-order valence-corrected chi connectivity index (χ2v) is 8.75. The molecule has 3 N–H and O–H groups in total. The van der Waals surface area contributed by atoms with Gasteiger partial charge in [-0.3, -0.25) is 10.1 Å². The summed E-state index contributed by atoms with van der Waals surface area (Å²) in [5, 5.41) is 14.4. The van der Waals surface area contributed by atoms with Crippen LogP contribution in [0.3, 0.4) is 0 Å². The normalized spacial score (nSPS) is 12.1. The van der Waals surface area contributed by atoms with E-state index >= 15 is 0 Å². The zero-order valence-corrected chi connectivity index (χ0v) is 19.7. The van der Waals surface area contributed by atoms with Crippen molar-refractivity contribution in [3.05, 3.63) is 48.5 Å². The van der Waals surface area contributed by atoms with Gasteiger partial charge in [-0.15, -0.1) is 0 Å². The number of fused-ring (bicyclic) bond motifs is 1. The van der Waals surface area contributed by atoms with Gasteiger partial charge < -0.3 is 24.5 Å². The molecule has 0 spiro atoms. The zero-order valence-electron chi connectivity index (χ0n) is 19.7. The standard InChI is InChI=1S/C23H28N6O6/c1-23(2,3)35-22(33)27-16(11-17(30)31)9-10-29-14-26-18-19(24-13-25-20(18)29)28-21(32)34-12-15-7-5-4-6-8-15/h4-8,13-14,16H,9-12H2,1-3H3,(H,27,33)(H,30,31)(H,24,25,28,32)/t16-/m1/s1. The Kier molecular flexibility index (Phi) is 8.18. The number of anilines is 1. The fourth-order valence-electron chi connectivity index (χ4n) is 3.20. The Labute approximate surface area is 201 Å². The lowest BCUT2D eigenvalue weighted by Gasteiger charge is -2.23. The number of hydrogen-bond donors (Lipinski definition) is 3. The van der Waals surface area contributed by atoms with E-state index in [2.05, 4.69) is 25.6 Å². The average molecular weight is 485 g/mol. The van der Waals surface area contributed by atoms with Gasteiger partial charge in [0.1, 0.15) is 18.5 Å². The summed E-state index contributed by atoms with van der Waals surface area (Å²) < 4.78 is 12.1. The summed E-state index contributed by atoms with van der Waals surface area (Å²) in [4.78, 5) is 48.1. The van der Waals surface area contributed by atoms with E-state index < -0.39 is 29.8 Å². The minimum Gasteiger partial charge on any atom is -0.481 e. The first kappa shape index (κ1) is 25.4. The van der Waals surface area contributed by atoms with Gasteiger partial charge in [0.05, 0.1) is 12.7 Å². The van der Waals surface area contributed by atoms with E-state index in [1.54, 1.807) is 25.3 Å². The maximum absolute atomic E-state index is 12.2. The molecule has 0 aliphatic rings. The number of carboxylic acid groups (broad SMARTS) is 1. The van der Waals surface area contributed by atoms with Crippen molar-refractivity contribution in [2.75, 3.05) is 5.32 Å². The molecule has 0 saturated heterocycles. The number of aliphatic carboxylic acids is 1. The molecule has 2 heterocycles. The second-order valence-electron chi connectivity index (χ2n) is 8.75. The van der Waals surface area contributed by atoms with Crippen LogP contribution in [0.5, 0.6) is 0 Å². The number of alkyl carbamates (subject to hydrolysis) is 1. The number of aromatic nitrogens is 4. The molecule has 2 amide bonds. The number of benzene rings is 1. The van der Waals surface area contributed by atoms with E-state index in [0.717, 1.165) is 5.56 Å². The maximum Gasteiger partial charge on any atom is 0.413 e. The SMILES string of the molecule is CC(C)(C)OC(=O)N[C@H](CCn1cnc2c(NC(=O)OCc3ccccc3)ncnc21)CC(=O)O. The van der Waals surface area contributed by atoms with Crippen molar-refractivity contribution in [1.82, 2.24) is 24.8 Å². The monoisotopic (exact) mass is 484 g/mol. The van der Waals surface area contributed by atoms with Crippen molar-refractivity contribution in [2.24, 2.45) is 0 Å². The highest BCUT2D eigenvalue weighted by atomic mass is 16.6. The molecule has 186 valence electrons. The summed E-state index contributed by atoms with van der Waals surface area (Å²) in [6, 6.07) is 8.57. The highest BCUT2D eigenvalue weighted by Gasteiger charge is 2.22. The van der Waals surface area contributed by atoms with Gasteiger partial charge in [0.15, 0.2) is 17.0 Å². The number of carbonyl (C=O) groups is 3. The number of nitrogens with one attached hydrogen (secondary N) is 2. The van der Waals surface area contributed by atoms with Crippen molar-refractivity contribution < 1.29 is 29.0 Å². The molecule has 0 fully saturated rings. The average Bonchev–Trinajstić information content (AvgIpc) is 3.19. The molecule has 0 aliphatic heterocycles. The van der Waals surface area contributed by atoms with E-state index in [4.69, 9.17) is 9.47 Å². The number of rotatable bonds is 9. The molecular formula is C23H28N6O6. The minimum absolute atomic E-state index is 0.102. The molecule has 0 bridgehead atoms. The van der Waals surface area contributed by atoms with Gasteiger partial charge in [0.25, 0.3) is 0 Å². The molecule has 1 atom stereocenters. The summed E-state index contributed by atoms with van der Waals surface area (Å²) in [6.45, 7) is 5.57. The molecule has 0 saturated carbocycles. The Morgan fingerprint density at radius 1 is 1.09 bits per heavy atom. The first-order chi connectivity index (χ1) is 16.6. The molecule has 0 unspecified atom stereocenters. The van der Waals surface area contributed by atoms with Crippen LogP contribution in [-0.2, 0) is 27.4 Å². The quantitative estimate of drug-likeness (QED) is 0.414. The van der Waals surface area contributed by atoms with Crippen molar-refractivity contribution in [3.8, 4) is 0 Å². The van der Waals surface area contributed by atoms with Gasteiger partial charge in [-0.25, -0.2) is 24.5 Å². The van der Waals surface area contributed by atoms with Crippen LogP contribution in [0, 0.1) is 0 Å². The summed E-state index contributed by atoms with van der Waals surface area (Å²) >= 11 is 0. The predicted octanol–water partition coefficient (Wildman–Crippen LogP) is 3.33. The van der Waals surface area contributed by atoms with Gasteiger partial charge in [0.2, 0.25) is 0 Å². The number of hydrogen-bond acceptors (Lipinski definition) is 8. The Morgan fingerprint density at radius 3 is 2.51 bits per heavy atom. The summed E-state index contributed by atoms with van der Waals surface area (Å²) in [7, 11) is 0. The first-order valence-electron chi connectivity index (χ1n) is 11.0. The third-order valence-electron chi connectivity index (χ3n) is 4.69. The van der Waals surface area contributed by atoms with Crippen LogP contribution in [0.15, 0.2) is 43.0 Å². The van der Waals surface area contributed by atoms with Crippen LogP contribution >= 0.6 is 0 Å². The highest BCUT2D eigenvalue weighted by Crippen LogP contribution is 2.19. The van der Waals surface area contributed by atoms with Crippen LogP contribution in [0.4, 0.5) is 15.4 Å². The summed E-state index contributed by atoms with van der Waals surface area (Å²) in [5.74, 6) is -0.870.